The molecule has 1 aromatic carbocycles. The van der Waals surface area contributed by atoms with Gasteiger partial charge >= 0.3 is 0 Å². The van der Waals surface area contributed by atoms with Crippen molar-refractivity contribution in [2.75, 3.05) is 13.2 Å². The van der Waals surface area contributed by atoms with Crippen LogP contribution in [-0.2, 0) is 13.0 Å². The summed E-state index contributed by atoms with van der Waals surface area (Å²) in [6, 6.07) is 6.65. The SMILES string of the molecule is c1cc2c(cc1CNCC1(C3CC3)CC1)CCO2. The number of fused-ring (bicyclic) bond motifs is 1. The van der Waals surface area contributed by atoms with Gasteiger partial charge in [-0.15, -0.1) is 0 Å². The molecule has 1 aliphatic heterocycles. The van der Waals surface area contributed by atoms with E-state index >= 15 is 0 Å². The van der Waals surface area contributed by atoms with Crippen LogP contribution >= 0.6 is 0 Å². The number of benzene rings is 1. The standard InChI is InChI=1S/C16H21NO/c1-4-15-13(5-8-18-15)9-12(1)10-17-11-16(6-7-16)14-2-3-14/h1,4,9,14,17H,2-3,5-8,10-11H2. The van der Waals surface area contributed by atoms with Gasteiger partial charge in [-0.25, -0.2) is 0 Å². The molecule has 0 amide bonds. The summed E-state index contributed by atoms with van der Waals surface area (Å²) in [4.78, 5) is 0. The van der Waals surface area contributed by atoms with Crippen LogP contribution < -0.4 is 10.1 Å². The third kappa shape index (κ3) is 1.93. The first-order chi connectivity index (χ1) is 8.86. The Labute approximate surface area is 109 Å². The lowest BCUT2D eigenvalue weighted by molar-refractivity contribution is 0.356. The highest BCUT2D eigenvalue weighted by atomic mass is 16.5. The molecule has 2 aliphatic carbocycles. The molecular weight excluding hydrogens is 222 g/mol. The van der Waals surface area contributed by atoms with Crippen LogP contribution in [0.15, 0.2) is 18.2 Å². The Kier molecular flexibility index (Phi) is 2.41. The number of rotatable bonds is 5. The highest BCUT2D eigenvalue weighted by Gasteiger charge is 2.53. The van der Waals surface area contributed by atoms with Gasteiger partial charge in [0, 0.05) is 19.5 Å². The molecule has 2 fully saturated rings. The third-order valence-corrected chi connectivity index (χ3v) is 4.90. The number of hydrogen-bond donors (Lipinski definition) is 1. The van der Waals surface area contributed by atoms with Gasteiger partial charge in [0.1, 0.15) is 5.75 Å². The van der Waals surface area contributed by atoms with Gasteiger partial charge in [0.05, 0.1) is 6.61 Å². The zero-order valence-electron chi connectivity index (χ0n) is 10.9. The molecular formula is C16H21NO. The summed E-state index contributed by atoms with van der Waals surface area (Å²) >= 11 is 0. The summed E-state index contributed by atoms with van der Waals surface area (Å²) in [6.07, 6.45) is 6.97. The molecule has 0 unspecified atom stereocenters. The first-order valence-corrected chi connectivity index (χ1v) is 7.31. The Morgan fingerprint density at radius 1 is 1.28 bits per heavy atom. The Balaban J connectivity index is 1.34. The van der Waals surface area contributed by atoms with Crippen LogP contribution in [0.2, 0.25) is 0 Å². The summed E-state index contributed by atoms with van der Waals surface area (Å²) in [5.74, 6) is 2.15. The molecule has 1 aromatic rings. The number of nitrogens with one attached hydrogen (secondary N) is 1. The Morgan fingerprint density at radius 2 is 2.17 bits per heavy atom. The van der Waals surface area contributed by atoms with E-state index in [2.05, 4.69) is 23.5 Å². The van der Waals surface area contributed by atoms with Crippen LogP contribution in [0.1, 0.15) is 36.8 Å². The maximum atomic E-state index is 5.54. The monoisotopic (exact) mass is 243 g/mol. The Hall–Kier alpha value is -1.02. The highest BCUT2D eigenvalue weighted by molar-refractivity contribution is 5.39. The van der Waals surface area contributed by atoms with Gasteiger partial charge in [-0.1, -0.05) is 12.1 Å². The van der Waals surface area contributed by atoms with Crippen molar-refractivity contribution < 1.29 is 4.74 Å². The Bertz CT molecular complexity index is 460. The van der Waals surface area contributed by atoms with Gasteiger partial charge in [-0.3, -0.25) is 0 Å². The summed E-state index contributed by atoms with van der Waals surface area (Å²) in [5, 5.41) is 3.68. The van der Waals surface area contributed by atoms with E-state index in [-0.39, 0.29) is 0 Å². The van der Waals surface area contributed by atoms with Gasteiger partial charge in [-0.2, -0.15) is 0 Å². The van der Waals surface area contributed by atoms with Crippen molar-refractivity contribution >= 4 is 0 Å². The van der Waals surface area contributed by atoms with Crippen LogP contribution in [0.25, 0.3) is 0 Å². The largest absolute Gasteiger partial charge is 0.493 e. The predicted molar refractivity (Wildman–Crippen MR) is 71.7 cm³/mol. The van der Waals surface area contributed by atoms with E-state index in [1.54, 1.807) is 0 Å². The van der Waals surface area contributed by atoms with Crippen molar-refractivity contribution in [3.63, 3.8) is 0 Å². The molecule has 1 heterocycles. The van der Waals surface area contributed by atoms with Crippen molar-refractivity contribution in [3.8, 4) is 5.75 Å². The second-order valence-electron chi connectivity index (χ2n) is 6.28. The molecule has 4 rings (SSSR count). The van der Waals surface area contributed by atoms with Crippen LogP contribution in [0.4, 0.5) is 0 Å². The number of ether oxygens (including phenoxy) is 1. The zero-order valence-corrected chi connectivity index (χ0v) is 10.9. The highest BCUT2D eigenvalue weighted by Crippen LogP contribution is 2.60. The quantitative estimate of drug-likeness (QED) is 0.858. The molecule has 1 N–H and O–H groups in total. The van der Waals surface area contributed by atoms with Crippen molar-refractivity contribution in [3.05, 3.63) is 29.3 Å². The van der Waals surface area contributed by atoms with Gasteiger partial charge in [0.2, 0.25) is 0 Å². The molecule has 2 heteroatoms. The smallest absolute Gasteiger partial charge is 0.122 e. The molecule has 18 heavy (non-hydrogen) atoms. The molecule has 96 valence electrons. The van der Waals surface area contributed by atoms with Crippen LogP contribution in [0.3, 0.4) is 0 Å². The fourth-order valence-corrected chi connectivity index (χ4v) is 3.39. The van der Waals surface area contributed by atoms with Crippen LogP contribution in [0, 0.1) is 11.3 Å². The summed E-state index contributed by atoms with van der Waals surface area (Å²) in [6.45, 7) is 3.10. The molecule has 0 atom stereocenters. The zero-order chi connectivity index (χ0) is 12.0. The summed E-state index contributed by atoms with van der Waals surface area (Å²) < 4.78 is 5.54. The maximum Gasteiger partial charge on any atom is 0.122 e. The lowest BCUT2D eigenvalue weighted by atomic mass is 10.0. The second-order valence-corrected chi connectivity index (χ2v) is 6.28. The van der Waals surface area contributed by atoms with Gasteiger partial charge in [0.25, 0.3) is 0 Å². The molecule has 2 nitrogen and oxygen atoms in total. The molecule has 0 saturated heterocycles. The van der Waals surface area contributed by atoms with Crippen LogP contribution in [-0.4, -0.2) is 13.2 Å². The van der Waals surface area contributed by atoms with Crippen LogP contribution in [0.5, 0.6) is 5.75 Å². The summed E-state index contributed by atoms with van der Waals surface area (Å²) in [5.41, 5.74) is 3.50. The van der Waals surface area contributed by atoms with Crippen molar-refractivity contribution in [1.82, 2.24) is 5.32 Å². The average Bonchev–Trinajstić information content (AvgIpc) is 3.27. The van der Waals surface area contributed by atoms with Gasteiger partial charge in [0.15, 0.2) is 0 Å². The molecule has 0 aromatic heterocycles. The fourth-order valence-electron chi connectivity index (χ4n) is 3.39. The Morgan fingerprint density at radius 3 is 2.94 bits per heavy atom. The minimum atomic E-state index is 0.708. The van der Waals surface area contributed by atoms with E-state index in [1.807, 2.05) is 0 Å². The van der Waals surface area contributed by atoms with E-state index in [0.29, 0.717) is 5.41 Å². The predicted octanol–water partition coefficient (Wildman–Crippen LogP) is 2.90. The van der Waals surface area contributed by atoms with E-state index in [4.69, 9.17) is 4.74 Å². The van der Waals surface area contributed by atoms with E-state index in [9.17, 15) is 0 Å². The molecule has 0 bridgehead atoms. The lowest BCUT2D eigenvalue weighted by Crippen LogP contribution is -2.25. The lowest BCUT2D eigenvalue weighted by Gasteiger charge is -2.15. The van der Waals surface area contributed by atoms with E-state index in [0.717, 1.165) is 31.2 Å². The minimum Gasteiger partial charge on any atom is -0.493 e. The minimum absolute atomic E-state index is 0.708. The first-order valence-electron chi connectivity index (χ1n) is 7.31. The van der Waals surface area contributed by atoms with Gasteiger partial charge < -0.3 is 10.1 Å². The average molecular weight is 243 g/mol. The molecule has 2 saturated carbocycles. The topological polar surface area (TPSA) is 21.3 Å². The van der Waals surface area contributed by atoms with E-state index in [1.165, 1.54) is 43.4 Å². The maximum absolute atomic E-state index is 5.54. The molecule has 3 aliphatic rings. The molecule has 0 radical (unpaired) electrons. The first kappa shape index (κ1) is 10.9. The van der Waals surface area contributed by atoms with Crippen molar-refractivity contribution in [2.24, 2.45) is 11.3 Å². The fraction of sp³-hybridized carbons (Fsp3) is 0.625. The molecule has 0 spiro atoms. The van der Waals surface area contributed by atoms with Gasteiger partial charge in [-0.05, 0) is 54.2 Å². The summed E-state index contributed by atoms with van der Waals surface area (Å²) in [7, 11) is 0. The third-order valence-electron chi connectivity index (χ3n) is 4.90. The van der Waals surface area contributed by atoms with Crippen molar-refractivity contribution in [2.45, 2.75) is 38.6 Å². The second kappa shape index (κ2) is 3.99. The normalized spacial score (nSPS) is 23.6. The van der Waals surface area contributed by atoms with E-state index < -0.39 is 0 Å². The number of hydrogen-bond acceptors (Lipinski definition) is 2. The van der Waals surface area contributed by atoms with Crippen molar-refractivity contribution in [1.29, 1.82) is 0 Å².